The largest absolute Gasteiger partial charge is 0.327 e. The number of hydrogen-bond acceptors (Lipinski definition) is 2. The van der Waals surface area contributed by atoms with Crippen molar-refractivity contribution in [2.45, 2.75) is 6.04 Å². The third kappa shape index (κ3) is 2.68. The minimum Gasteiger partial charge on any atom is -0.327 e. The zero-order valence-electron chi connectivity index (χ0n) is 13.9. The lowest BCUT2D eigenvalue weighted by atomic mass is 9.96. The molecule has 2 aliphatic rings. The average molecular weight is 416 g/mol. The van der Waals surface area contributed by atoms with E-state index in [0.717, 1.165) is 10.0 Å². The van der Waals surface area contributed by atoms with E-state index in [9.17, 15) is 14.0 Å². The van der Waals surface area contributed by atoms with Crippen LogP contribution in [0.2, 0.25) is 0 Å². The maximum Gasteiger partial charge on any atom is 0.322 e. The Balaban J connectivity index is 1.75. The molecule has 2 aliphatic heterocycles. The van der Waals surface area contributed by atoms with Crippen LogP contribution >= 0.6 is 15.9 Å². The van der Waals surface area contributed by atoms with Gasteiger partial charge in [-0.1, -0.05) is 28.1 Å². The number of urea groups is 1. The van der Waals surface area contributed by atoms with E-state index in [2.05, 4.69) is 21.2 Å². The van der Waals surface area contributed by atoms with Gasteiger partial charge in [0.05, 0.1) is 23.9 Å². The van der Waals surface area contributed by atoms with E-state index in [1.165, 1.54) is 17.0 Å². The summed E-state index contributed by atoms with van der Waals surface area (Å²) >= 11 is 3.39. The summed E-state index contributed by atoms with van der Waals surface area (Å²) in [5.41, 5.74) is 2.63. The topological polar surface area (TPSA) is 52.7 Å². The molecule has 1 N–H and O–H groups in total. The number of halogens is 2. The van der Waals surface area contributed by atoms with Crippen molar-refractivity contribution in [1.82, 2.24) is 10.2 Å². The number of nitrogens with zero attached hydrogens (tertiary/aromatic N) is 2. The average Bonchev–Trinajstić information content (AvgIpc) is 2.97. The maximum atomic E-state index is 13.2. The van der Waals surface area contributed by atoms with Gasteiger partial charge in [-0.05, 0) is 42.0 Å². The molecular weight excluding hydrogens is 401 g/mol. The predicted molar refractivity (Wildman–Crippen MR) is 99.0 cm³/mol. The van der Waals surface area contributed by atoms with Gasteiger partial charge in [0, 0.05) is 17.2 Å². The summed E-state index contributed by atoms with van der Waals surface area (Å²) in [5.74, 6) is -0.550. The van der Waals surface area contributed by atoms with Crippen molar-refractivity contribution in [2.75, 3.05) is 18.5 Å². The Kier molecular flexibility index (Phi) is 4.03. The summed E-state index contributed by atoms with van der Waals surface area (Å²) in [7, 11) is 1.64. The van der Waals surface area contributed by atoms with Crippen molar-refractivity contribution in [2.24, 2.45) is 0 Å². The van der Waals surface area contributed by atoms with Crippen LogP contribution in [0.5, 0.6) is 0 Å². The fourth-order valence-electron chi connectivity index (χ4n) is 3.30. The van der Waals surface area contributed by atoms with Crippen molar-refractivity contribution < 1.29 is 14.0 Å². The van der Waals surface area contributed by atoms with E-state index in [0.29, 0.717) is 17.0 Å². The SMILES string of the molecule is CN1C(=O)N[C@@H](c2ccc(Br)cc2)C2=C1CN(c1ccc(F)cc1)C2=O. The Morgan fingerprint density at radius 2 is 1.73 bits per heavy atom. The molecule has 5 nitrogen and oxygen atoms in total. The van der Waals surface area contributed by atoms with E-state index >= 15 is 0 Å². The highest BCUT2D eigenvalue weighted by Crippen LogP contribution is 2.37. The number of rotatable bonds is 2. The molecule has 2 heterocycles. The lowest BCUT2D eigenvalue weighted by Crippen LogP contribution is -2.45. The molecular formula is C19H15BrFN3O2. The van der Waals surface area contributed by atoms with Gasteiger partial charge >= 0.3 is 6.03 Å². The monoisotopic (exact) mass is 415 g/mol. The molecule has 132 valence electrons. The molecule has 0 radical (unpaired) electrons. The molecule has 3 amide bonds. The van der Waals surface area contributed by atoms with Crippen LogP contribution in [0.1, 0.15) is 11.6 Å². The minimum atomic E-state index is -0.514. The third-order valence-electron chi connectivity index (χ3n) is 4.70. The summed E-state index contributed by atoms with van der Waals surface area (Å²) in [6.07, 6.45) is 0. The summed E-state index contributed by atoms with van der Waals surface area (Å²) < 4.78 is 14.1. The zero-order chi connectivity index (χ0) is 18.4. The maximum absolute atomic E-state index is 13.2. The zero-order valence-corrected chi connectivity index (χ0v) is 15.5. The molecule has 4 rings (SSSR count). The van der Waals surface area contributed by atoms with Crippen LogP contribution in [0.4, 0.5) is 14.9 Å². The smallest absolute Gasteiger partial charge is 0.322 e. The molecule has 0 saturated heterocycles. The second-order valence-corrected chi connectivity index (χ2v) is 7.14. The number of amides is 3. The first-order chi connectivity index (χ1) is 12.5. The van der Waals surface area contributed by atoms with Gasteiger partial charge in [0.2, 0.25) is 0 Å². The Labute approximate surface area is 158 Å². The van der Waals surface area contributed by atoms with Gasteiger partial charge in [0.1, 0.15) is 5.82 Å². The first-order valence-electron chi connectivity index (χ1n) is 8.06. The molecule has 0 saturated carbocycles. The number of hydrogen-bond donors (Lipinski definition) is 1. The van der Waals surface area contributed by atoms with Crippen LogP contribution < -0.4 is 10.2 Å². The molecule has 0 aromatic heterocycles. The summed E-state index contributed by atoms with van der Waals surface area (Å²) in [4.78, 5) is 28.5. The van der Waals surface area contributed by atoms with Gasteiger partial charge in [-0.3, -0.25) is 9.69 Å². The molecule has 0 fully saturated rings. The van der Waals surface area contributed by atoms with Crippen LogP contribution in [0.25, 0.3) is 0 Å². The Hall–Kier alpha value is -2.67. The molecule has 2 aromatic rings. The molecule has 0 unspecified atom stereocenters. The molecule has 7 heteroatoms. The minimum absolute atomic E-state index is 0.189. The number of nitrogens with one attached hydrogen (secondary N) is 1. The van der Waals surface area contributed by atoms with Crippen LogP contribution in [0.3, 0.4) is 0 Å². The van der Waals surface area contributed by atoms with Gasteiger partial charge in [-0.25, -0.2) is 9.18 Å². The molecule has 0 bridgehead atoms. The van der Waals surface area contributed by atoms with Crippen molar-refractivity contribution >= 4 is 33.6 Å². The lowest BCUT2D eigenvalue weighted by Gasteiger charge is -2.31. The lowest BCUT2D eigenvalue weighted by molar-refractivity contribution is -0.114. The van der Waals surface area contributed by atoms with E-state index in [1.807, 2.05) is 24.3 Å². The van der Waals surface area contributed by atoms with Crippen LogP contribution in [-0.4, -0.2) is 30.4 Å². The number of carbonyl (C=O) groups is 2. The second kappa shape index (κ2) is 6.25. The van der Waals surface area contributed by atoms with Crippen LogP contribution in [0, 0.1) is 5.82 Å². The molecule has 0 spiro atoms. The van der Waals surface area contributed by atoms with Crippen molar-refractivity contribution in [3.05, 3.63) is 75.7 Å². The number of likely N-dealkylation sites (N-methyl/N-ethyl adjacent to an activating group) is 1. The first kappa shape index (κ1) is 16.8. The standard InChI is InChI=1S/C19H15BrFN3O2/c1-23-15-10-24(14-8-6-13(21)7-9-14)18(25)16(15)17(22-19(23)26)11-2-4-12(20)5-3-11/h2-9,17H,10H2,1H3,(H,22,26)/t17-/m0/s1. The highest BCUT2D eigenvalue weighted by atomic mass is 79.9. The normalized spacial score (nSPS) is 19.7. The van der Waals surface area contributed by atoms with Gasteiger partial charge in [0.15, 0.2) is 0 Å². The van der Waals surface area contributed by atoms with Gasteiger partial charge in [0.25, 0.3) is 5.91 Å². The van der Waals surface area contributed by atoms with E-state index in [4.69, 9.17) is 0 Å². The van der Waals surface area contributed by atoms with Crippen molar-refractivity contribution in [3.63, 3.8) is 0 Å². The highest BCUT2D eigenvalue weighted by Gasteiger charge is 2.43. The fourth-order valence-corrected chi connectivity index (χ4v) is 3.57. The van der Waals surface area contributed by atoms with Gasteiger partial charge < -0.3 is 10.2 Å². The number of carbonyl (C=O) groups excluding carboxylic acids is 2. The molecule has 26 heavy (non-hydrogen) atoms. The van der Waals surface area contributed by atoms with E-state index in [-0.39, 0.29) is 24.3 Å². The number of benzene rings is 2. The molecule has 0 aliphatic carbocycles. The summed E-state index contributed by atoms with van der Waals surface area (Å²) in [5, 5.41) is 2.89. The quantitative estimate of drug-likeness (QED) is 0.814. The van der Waals surface area contributed by atoms with Crippen LogP contribution in [-0.2, 0) is 4.79 Å². The Bertz CT molecular complexity index is 925. The second-order valence-electron chi connectivity index (χ2n) is 6.22. The van der Waals surface area contributed by atoms with Crippen molar-refractivity contribution in [3.8, 4) is 0 Å². The first-order valence-corrected chi connectivity index (χ1v) is 8.85. The molecule has 2 aromatic carbocycles. The van der Waals surface area contributed by atoms with E-state index in [1.54, 1.807) is 24.1 Å². The highest BCUT2D eigenvalue weighted by molar-refractivity contribution is 9.10. The van der Waals surface area contributed by atoms with Gasteiger partial charge in [-0.15, -0.1) is 0 Å². The predicted octanol–water partition coefficient (Wildman–Crippen LogP) is 3.59. The van der Waals surface area contributed by atoms with Gasteiger partial charge in [-0.2, -0.15) is 0 Å². The Morgan fingerprint density at radius 1 is 1.08 bits per heavy atom. The number of anilines is 1. The van der Waals surface area contributed by atoms with Crippen LogP contribution in [0.15, 0.2) is 64.3 Å². The van der Waals surface area contributed by atoms with E-state index < -0.39 is 6.04 Å². The van der Waals surface area contributed by atoms with Crippen molar-refractivity contribution in [1.29, 1.82) is 0 Å². The summed E-state index contributed by atoms with van der Waals surface area (Å²) in [6, 6.07) is 12.5. The third-order valence-corrected chi connectivity index (χ3v) is 5.23. The fraction of sp³-hybridized carbons (Fsp3) is 0.158. The Morgan fingerprint density at radius 3 is 2.38 bits per heavy atom. The molecule has 1 atom stereocenters. The summed E-state index contributed by atoms with van der Waals surface area (Å²) in [6.45, 7) is 0.275.